The minimum Gasteiger partial charge on any atom is -0.313 e. The van der Waals surface area contributed by atoms with Crippen molar-refractivity contribution in [2.24, 2.45) is 0 Å². The zero-order valence-corrected chi connectivity index (χ0v) is 8.75. The molecule has 2 aromatic rings. The van der Waals surface area contributed by atoms with E-state index in [1.807, 2.05) is 6.92 Å². The summed E-state index contributed by atoms with van der Waals surface area (Å²) in [6.07, 6.45) is 2.25. The molecule has 76 valence electrons. The molecule has 0 atom stereocenters. The van der Waals surface area contributed by atoms with Crippen molar-refractivity contribution in [2.45, 2.75) is 6.92 Å². The molecule has 0 aromatic carbocycles. The van der Waals surface area contributed by atoms with E-state index in [0.717, 1.165) is 16.5 Å². The number of anilines is 1. The molecule has 2 heterocycles. The van der Waals surface area contributed by atoms with E-state index in [2.05, 4.69) is 15.3 Å². The van der Waals surface area contributed by atoms with Crippen LogP contribution in [-0.2, 0) is 4.79 Å². The second kappa shape index (κ2) is 3.82. The van der Waals surface area contributed by atoms with Gasteiger partial charge in [0.25, 0.3) is 0 Å². The molecular formula is C10H8ClN3O. The average molecular weight is 222 g/mol. The predicted molar refractivity (Wildman–Crippen MR) is 59.0 cm³/mol. The minimum absolute atomic E-state index is 0.434. The molecule has 0 radical (unpaired) electrons. The van der Waals surface area contributed by atoms with Gasteiger partial charge in [0, 0.05) is 17.3 Å². The summed E-state index contributed by atoms with van der Waals surface area (Å²) in [4.78, 5) is 18.4. The molecule has 0 unspecified atom stereocenters. The highest BCUT2D eigenvalue weighted by Gasteiger charge is 2.02. The summed E-state index contributed by atoms with van der Waals surface area (Å²) in [6, 6.07) is 3.49. The van der Waals surface area contributed by atoms with Crippen LogP contribution in [0.5, 0.6) is 0 Å². The quantitative estimate of drug-likeness (QED) is 0.625. The monoisotopic (exact) mass is 221 g/mol. The van der Waals surface area contributed by atoms with Crippen molar-refractivity contribution in [3.8, 4) is 0 Å². The van der Waals surface area contributed by atoms with Gasteiger partial charge >= 0.3 is 0 Å². The highest BCUT2D eigenvalue weighted by atomic mass is 35.5. The number of aryl methyl sites for hydroxylation is 1. The van der Waals surface area contributed by atoms with Crippen molar-refractivity contribution in [1.29, 1.82) is 0 Å². The van der Waals surface area contributed by atoms with Crippen LogP contribution in [0.1, 0.15) is 5.69 Å². The second-order valence-corrected chi connectivity index (χ2v) is 3.47. The Morgan fingerprint density at radius 2 is 2.27 bits per heavy atom. The Labute approximate surface area is 91.3 Å². The lowest BCUT2D eigenvalue weighted by molar-refractivity contribution is -0.105. The van der Waals surface area contributed by atoms with E-state index in [9.17, 15) is 4.79 Å². The molecule has 0 aliphatic rings. The van der Waals surface area contributed by atoms with E-state index >= 15 is 0 Å². The first-order chi connectivity index (χ1) is 7.20. The van der Waals surface area contributed by atoms with Crippen molar-refractivity contribution in [2.75, 3.05) is 5.32 Å². The Balaban J connectivity index is 2.65. The number of hydrogen-bond donors (Lipinski definition) is 1. The lowest BCUT2D eigenvalue weighted by Crippen LogP contribution is -1.97. The van der Waals surface area contributed by atoms with Crippen molar-refractivity contribution in [3.05, 3.63) is 29.2 Å². The van der Waals surface area contributed by atoms with Gasteiger partial charge in [-0.15, -0.1) is 0 Å². The van der Waals surface area contributed by atoms with Crippen molar-refractivity contribution in [3.63, 3.8) is 0 Å². The fraction of sp³-hybridized carbons (Fsp3) is 0.100. The van der Waals surface area contributed by atoms with Gasteiger partial charge in [-0.25, -0.2) is 9.97 Å². The molecule has 0 spiro atoms. The number of fused-ring (bicyclic) bond motifs is 1. The van der Waals surface area contributed by atoms with Gasteiger partial charge in [-0.05, 0) is 24.4 Å². The fourth-order valence-corrected chi connectivity index (χ4v) is 1.66. The zero-order valence-electron chi connectivity index (χ0n) is 7.99. The van der Waals surface area contributed by atoms with Gasteiger partial charge in [0.2, 0.25) is 6.41 Å². The summed E-state index contributed by atoms with van der Waals surface area (Å²) in [5.41, 5.74) is 0.822. The number of hydrogen-bond acceptors (Lipinski definition) is 3. The van der Waals surface area contributed by atoms with Gasteiger partial charge in [-0.2, -0.15) is 0 Å². The average Bonchev–Trinajstić information content (AvgIpc) is 2.17. The molecule has 5 heteroatoms. The molecule has 1 amide bonds. The number of nitrogens with zero attached hydrogens (tertiary/aromatic N) is 2. The predicted octanol–water partition coefficient (Wildman–Crippen LogP) is 2.16. The molecule has 1 N–H and O–H groups in total. The Morgan fingerprint density at radius 1 is 1.47 bits per heavy atom. The van der Waals surface area contributed by atoms with Crippen molar-refractivity contribution in [1.82, 2.24) is 9.97 Å². The van der Waals surface area contributed by atoms with E-state index in [0.29, 0.717) is 17.4 Å². The Kier molecular flexibility index (Phi) is 2.51. The number of rotatable bonds is 2. The van der Waals surface area contributed by atoms with Gasteiger partial charge in [-0.3, -0.25) is 4.79 Å². The lowest BCUT2D eigenvalue weighted by Gasteiger charge is -2.03. The van der Waals surface area contributed by atoms with E-state index in [1.165, 1.54) is 0 Å². The van der Waals surface area contributed by atoms with Crippen LogP contribution in [0.2, 0.25) is 5.15 Å². The standard InChI is InChI=1S/C10H8ClN3O/c1-6-8-4-12-10(13-5-15)3-7(8)2-9(11)14-6/h2-5H,1H3,(H,12,13,15). The Hall–Kier alpha value is -1.68. The third-order valence-corrected chi connectivity index (χ3v) is 2.28. The van der Waals surface area contributed by atoms with Gasteiger partial charge in [0.05, 0.1) is 0 Å². The number of halogens is 1. The fourth-order valence-electron chi connectivity index (χ4n) is 1.41. The van der Waals surface area contributed by atoms with Crippen LogP contribution in [-0.4, -0.2) is 16.4 Å². The van der Waals surface area contributed by atoms with Crippen molar-refractivity contribution < 1.29 is 4.79 Å². The lowest BCUT2D eigenvalue weighted by atomic mass is 10.2. The van der Waals surface area contributed by atoms with Crippen molar-refractivity contribution >= 4 is 34.6 Å². The van der Waals surface area contributed by atoms with Crippen LogP contribution >= 0.6 is 11.6 Å². The highest BCUT2D eigenvalue weighted by Crippen LogP contribution is 2.21. The molecule has 4 nitrogen and oxygen atoms in total. The normalized spacial score (nSPS) is 10.3. The third-order valence-electron chi connectivity index (χ3n) is 2.08. The van der Waals surface area contributed by atoms with Crippen LogP contribution in [0.25, 0.3) is 10.8 Å². The molecule has 0 saturated heterocycles. The molecule has 0 fully saturated rings. The minimum atomic E-state index is 0.434. The van der Waals surface area contributed by atoms with Gasteiger partial charge in [-0.1, -0.05) is 11.6 Å². The number of carbonyl (C=O) groups excluding carboxylic acids is 1. The molecule has 0 aliphatic heterocycles. The third kappa shape index (κ3) is 1.89. The van der Waals surface area contributed by atoms with Crippen LogP contribution in [0.15, 0.2) is 18.3 Å². The molecule has 0 bridgehead atoms. The van der Waals surface area contributed by atoms with E-state index in [1.54, 1.807) is 18.3 Å². The number of pyridine rings is 2. The number of carbonyl (C=O) groups is 1. The highest BCUT2D eigenvalue weighted by molar-refractivity contribution is 6.30. The summed E-state index contributed by atoms with van der Waals surface area (Å²) >= 11 is 5.83. The largest absolute Gasteiger partial charge is 0.313 e. The molecule has 0 saturated carbocycles. The molecule has 15 heavy (non-hydrogen) atoms. The van der Waals surface area contributed by atoms with Crippen LogP contribution in [0.3, 0.4) is 0 Å². The maximum Gasteiger partial charge on any atom is 0.212 e. The summed E-state index contributed by atoms with van der Waals surface area (Å²) < 4.78 is 0. The number of amides is 1. The first kappa shape index (κ1) is 9.86. The van der Waals surface area contributed by atoms with Gasteiger partial charge in [0.1, 0.15) is 11.0 Å². The zero-order chi connectivity index (χ0) is 10.8. The maximum atomic E-state index is 10.3. The molecule has 2 rings (SSSR count). The van der Waals surface area contributed by atoms with Gasteiger partial charge in [0.15, 0.2) is 0 Å². The SMILES string of the molecule is Cc1nc(Cl)cc2cc(NC=O)ncc12. The van der Waals surface area contributed by atoms with Crippen LogP contribution < -0.4 is 5.32 Å². The number of aromatic nitrogens is 2. The summed E-state index contributed by atoms with van der Waals surface area (Å²) in [6.45, 7) is 1.86. The first-order valence-corrected chi connectivity index (χ1v) is 4.71. The number of nitrogens with one attached hydrogen (secondary N) is 1. The summed E-state index contributed by atoms with van der Waals surface area (Å²) in [5.74, 6) is 0.499. The Morgan fingerprint density at radius 3 is 3.00 bits per heavy atom. The molecule has 2 aromatic heterocycles. The summed E-state index contributed by atoms with van der Waals surface area (Å²) in [5, 5.41) is 4.75. The maximum absolute atomic E-state index is 10.3. The second-order valence-electron chi connectivity index (χ2n) is 3.08. The Bertz CT molecular complexity index is 527. The summed E-state index contributed by atoms with van der Waals surface area (Å²) in [7, 11) is 0. The van der Waals surface area contributed by atoms with Gasteiger partial charge < -0.3 is 5.32 Å². The first-order valence-electron chi connectivity index (χ1n) is 4.34. The topological polar surface area (TPSA) is 54.9 Å². The van der Waals surface area contributed by atoms with E-state index in [-0.39, 0.29) is 0 Å². The van der Waals surface area contributed by atoms with E-state index in [4.69, 9.17) is 11.6 Å². The van der Waals surface area contributed by atoms with Crippen LogP contribution in [0, 0.1) is 6.92 Å². The van der Waals surface area contributed by atoms with Crippen LogP contribution in [0.4, 0.5) is 5.82 Å². The smallest absolute Gasteiger partial charge is 0.212 e. The molecular weight excluding hydrogens is 214 g/mol. The molecule has 0 aliphatic carbocycles. The van der Waals surface area contributed by atoms with E-state index < -0.39 is 0 Å².